The van der Waals surface area contributed by atoms with E-state index >= 15 is 0 Å². The second-order valence-electron chi connectivity index (χ2n) is 12.6. The number of carbonyl (C=O) groups excluding carboxylic acids is 1. The van der Waals surface area contributed by atoms with Gasteiger partial charge in [-0.3, -0.25) is 4.79 Å². The molecule has 239 valence electrons. The molecule has 3 nitrogen and oxygen atoms in total. The van der Waals surface area contributed by atoms with Crippen molar-refractivity contribution in [2.24, 2.45) is 11.8 Å². The molecule has 0 atom stereocenters. The molecule has 2 heterocycles. The third-order valence-electron chi connectivity index (χ3n) is 9.17. The average Bonchev–Trinajstić information content (AvgIpc) is 3.28. The fourth-order valence-electron chi connectivity index (χ4n) is 6.48. The van der Waals surface area contributed by atoms with Gasteiger partial charge in [0.15, 0.2) is 5.78 Å². The molecule has 1 aliphatic heterocycles. The Morgan fingerprint density at radius 2 is 1.58 bits per heavy atom. The summed E-state index contributed by atoms with van der Waals surface area (Å²) in [7, 11) is -1.67. The van der Waals surface area contributed by atoms with Gasteiger partial charge < -0.3 is 10.1 Å². The molecule has 0 amide bonds. The fraction of sp³-hybridized carbons (Fsp3) is 0.350. The zero-order valence-electron chi connectivity index (χ0n) is 28.1. The number of rotatable bonds is 9. The monoisotopic (exact) mass is 795 g/mol. The number of benzene rings is 3. The summed E-state index contributed by atoms with van der Waals surface area (Å²) in [6, 6.07) is 25.7. The van der Waals surface area contributed by atoms with E-state index in [9.17, 15) is 9.90 Å². The molecule has 1 radical (unpaired) electrons. The van der Waals surface area contributed by atoms with E-state index < -0.39 is 8.07 Å². The minimum absolute atomic E-state index is 0. The largest absolute Gasteiger partial charge is 0.512 e. The molecule has 0 saturated carbocycles. The Hall–Kier alpha value is -3.11. The van der Waals surface area contributed by atoms with Crippen molar-refractivity contribution in [2.75, 3.05) is 0 Å². The van der Waals surface area contributed by atoms with Gasteiger partial charge in [0.25, 0.3) is 0 Å². The zero-order chi connectivity index (χ0) is 32.0. The standard InChI is InChI=1S/C27H24NSi.C13H24O2.Ir/c1-18-13-19(2)15-23(14-18)27-24-10-9-22(16-20(24)11-12-28-27)26-17-21-7-5-6-8-25(21)29(26,3)4;1-5-10(6-2)12(14)9-13(15)11(7-3)8-4;/h5-14,16-17H,1-4H3;9-11,14H,5-8H2,1-4H3;/q-1;;/b;12-9-;. The topological polar surface area (TPSA) is 50.2 Å². The van der Waals surface area contributed by atoms with Crippen molar-refractivity contribution in [1.29, 1.82) is 0 Å². The Labute approximate surface area is 285 Å². The number of hydrogen-bond donors (Lipinski definition) is 1. The minimum Gasteiger partial charge on any atom is -0.512 e. The quantitative estimate of drug-likeness (QED) is 0.0795. The first kappa shape index (κ1) is 36.4. The Balaban J connectivity index is 0.000000297. The van der Waals surface area contributed by atoms with Crippen molar-refractivity contribution in [2.45, 2.75) is 80.3 Å². The molecule has 3 aromatic carbocycles. The van der Waals surface area contributed by atoms with Crippen LogP contribution in [0.2, 0.25) is 13.1 Å². The van der Waals surface area contributed by atoms with E-state index in [0.29, 0.717) is 0 Å². The maximum atomic E-state index is 11.7. The SMILES string of the molecule is CCC(CC)C(=O)/C=C(\O)C(CC)CC.Cc1[c-]c(-c2nccc3cc(C4=Cc5ccccc5[Si]4(C)C)ccc23)cc(C)c1.[Ir]. The molecular formula is C40H48IrNO2Si-. The summed E-state index contributed by atoms with van der Waals surface area (Å²) in [4.78, 5) is 16.4. The van der Waals surface area contributed by atoms with E-state index in [4.69, 9.17) is 4.98 Å². The Morgan fingerprint density at radius 3 is 2.20 bits per heavy atom. The van der Waals surface area contributed by atoms with E-state index in [1.54, 1.807) is 0 Å². The Kier molecular flexibility index (Phi) is 12.9. The molecule has 0 saturated heterocycles. The van der Waals surface area contributed by atoms with Gasteiger partial charge >= 0.3 is 0 Å². The summed E-state index contributed by atoms with van der Waals surface area (Å²) in [6.07, 6.45) is 9.24. The van der Waals surface area contributed by atoms with Gasteiger partial charge in [0.2, 0.25) is 0 Å². The van der Waals surface area contributed by atoms with Crippen LogP contribution in [0.5, 0.6) is 0 Å². The van der Waals surface area contributed by atoms with Crippen LogP contribution in [0.3, 0.4) is 0 Å². The van der Waals surface area contributed by atoms with Crippen molar-refractivity contribution in [1.82, 2.24) is 4.98 Å². The first-order valence-corrected chi connectivity index (χ1v) is 19.2. The zero-order valence-corrected chi connectivity index (χ0v) is 31.5. The number of pyridine rings is 1. The number of allylic oxidation sites excluding steroid dienone is 2. The summed E-state index contributed by atoms with van der Waals surface area (Å²) in [5, 5.41) is 15.2. The smallest absolute Gasteiger partial charge is 0.162 e. The van der Waals surface area contributed by atoms with Crippen molar-refractivity contribution in [3.05, 3.63) is 107 Å². The molecule has 0 fully saturated rings. The van der Waals surface area contributed by atoms with Crippen molar-refractivity contribution >= 4 is 41.1 Å². The number of aryl methyl sites for hydroxylation is 2. The summed E-state index contributed by atoms with van der Waals surface area (Å²) >= 11 is 0. The van der Waals surface area contributed by atoms with Crippen molar-refractivity contribution < 1.29 is 30.0 Å². The van der Waals surface area contributed by atoms with Gasteiger partial charge in [-0.05, 0) is 75.8 Å². The van der Waals surface area contributed by atoms with Crippen LogP contribution in [0.25, 0.3) is 33.3 Å². The predicted octanol–water partition coefficient (Wildman–Crippen LogP) is 10.2. The van der Waals surface area contributed by atoms with Crippen LogP contribution in [0.1, 0.15) is 75.6 Å². The van der Waals surface area contributed by atoms with Crippen LogP contribution in [-0.4, -0.2) is 23.9 Å². The van der Waals surface area contributed by atoms with Crippen molar-refractivity contribution in [3.8, 4) is 11.3 Å². The Bertz CT molecular complexity index is 1680. The summed E-state index contributed by atoms with van der Waals surface area (Å²) in [5.74, 6) is 0.547. The molecule has 0 unspecified atom stereocenters. The summed E-state index contributed by atoms with van der Waals surface area (Å²) < 4.78 is 0. The van der Waals surface area contributed by atoms with E-state index in [2.05, 4.69) is 99.7 Å². The Morgan fingerprint density at radius 1 is 0.911 bits per heavy atom. The molecule has 5 rings (SSSR count). The van der Waals surface area contributed by atoms with Crippen molar-refractivity contribution in [3.63, 3.8) is 0 Å². The molecule has 1 aliphatic rings. The molecule has 0 spiro atoms. The molecular weight excluding hydrogens is 747 g/mol. The molecule has 1 N–H and O–H groups in total. The van der Waals surface area contributed by atoms with Crippen LogP contribution >= 0.6 is 0 Å². The maximum absolute atomic E-state index is 11.7. The van der Waals surface area contributed by atoms with Gasteiger partial charge in [-0.2, -0.15) is 0 Å². The van der Waals surface area contributed by atoms with Gasteiger partial charge in [-0.25, -0.2) is 0 Å². The molecule has 0 bridgehead atoms. The van der Waals surface area contributed by atoms with E-state index in [1.807, 2.05) is 33.9 Å². The van der Waals surface area contributed by atoms with E-state index in [-0.39, 0.29) is 43.5 Å². The van der Waals surface area contributed by atoms with Crippen LogP contribution in [0, 0.1) is 31.7 Å². The summed E-state index contributed by atoms with van der Waals surface area (Å²) in [5.41, 5.74) is 7.21. The molecule has 4 aromatic rings. The van der Waals surface area contributed by atoms with Gasteiger partial charge in [0.05, 0.1) is 5.76 Å². The van der Waals surface area contributed by atoms with Crippen LogP contribution in [-0.2, 0) is 24.9 Å². The molecule has 5 heteroatoms. The fourth-order valence-corrected chi connectivity index (χ4v) is 9.55. The number of carbonyl (C=O) groups is 1. The van der Waals surface area contributed by atoms with Crippen LogP contribution in [0.4, 0.5) is 0 Å². The first-order chi connectivity index (χ1) is 21.0. The third-order valence-corrected chi connectivity index (χ3v) is 12.7. The normalized spacial score (nSPS) is 13.6. The number of aliphatic hydroxyl groups excluding tert-OH is 1. The van der Waals surface area contributed by atoms with Gasteiger partial charge in [-0.1, -0.05) is 97.1 Å². The first-order valence-electron chi connectivity index (χ1n) is 16.2. The third kappa shape index (κ3) is 8.19. The number of hydrogen-bond acceptors (Lipinski definition) is 3. The van der Waals surface area contributed by atoms with E-state index in [1.165, 1.54) is 43.9 Å². The predicted molar refractivity (Wildman–Crippen MR) is 191 cm³/mol. The van der Waals surface area contributed by atoms with Crippen LogP contribution in [0.15, 0.2) is 78.7 Å². The summed E-state index contributed by atoms with van der Waals surface area (Å²) in [6.45, 7) is 17.2. The average molecular weight is 795 g/mol. The van der Waals surface area contributed by atoms with Gasteiger partial charge in [-0.15, -0.1) is 34.9 Å². The number of aromatic nitrogens is 1. The minimum atomic E-state index is -1.67. The number of nitrogens with zero attached hydrogens (tertiary/aromatic N) is 1. The number of aliphatic hydroxyl groups is 1. The van der Waals surface area contributed by atoms with E-state index in [0.717, 1.165) is 42.5 Å². The molecule has 45 heavy (non-hydrogen) atoms. The second-order valence-corrected chi connectivity index (χ2v) is 16.9. The number of fused-ring (bicyclic) bond motifs is 2. The van der Waals surface area contributed by atoms with Gasteiger partial charge in [0.1, 0.15) is 8.07 Å². The maximum Gasteiger partial charge on any atom is 0.162 e. The van der Waals surface area contributed by atoms with Gasteiger partial charge in [0, 0.05) is 44.2 Å². The molecule has 0 aliphatic carbocycles. The molecule has 1 aromatic heterocycles. The van der Waals surface area contributed by atoms with Crippen LogP contribution < -0.4 is 5.19 Å². The number of ketones is 1. The second kappa shape index (κ2) is 15.9.